The number of aromatic nitrogens is 4. The number of rotatable bonds is 2. The van der Waals surface area contributed by atoms with Crippen molar-refractivity contribution in [2.24, 2.45) is 5.92 Å². The Morgan fingerprint density at radius 2 is 2.22 bits per heavy atom. The van der Waals surface area contributed by atoms with Crippen LogP contribution in [0, 0.1) is 5.92 Å². The number of amides is 1. The van der Waals surface area contributed by atoms with Gasteiger partial charge in [-0.15, -0.1) is 0 Å². The van der Waals surface area contributed by atoms with Crippen molar-refractivity contribution in [3.05, 3.63) is 48.3 Å². The summed E-state index contributed by atoms with van der Waals surface area (Å²) in [5.41, 5.74) is 1.49. The zero-order valence-electron chi connectivity index (χ0n) is 12.6. The molecule has 0 unspecified atom stereocenters. The van der Waals surface area contributed by atoms with E-state index in [-0.39, 0.29) is 18.1 Å². The molecule has 2 aromatic heterocycles. The van der Waals surface area contributed by atoms with Gasteiger partial charge in [0, 0.05) is 19.3 Å². The average molecular weight is 311 g/mol. The Kier molecular flexibility index (Phi) is 3.70. The number of likely N-dealkylation sites (tertiary alicyclic amines) is 1. The first-order chi connectivity index (χ1) is 11.3. The largest absolute Gasteiger partial charge is 0.367 e. The lowest BCUT2D eigenvalue weighted by atomic mass is 9.91. The lowest BCUT2D eigenvalue weighted by Crippen LogP contribution is -2.45. The van der Waals surface area contributed by atoms with Crippen molar-refractivity contribution in [1.82, 2.24) is 25.1 Å². The van der Waals surface area contributed by atoms with E-state index in [1.807, 2.05) is 11.0 Å². The summed E-state index contributed by atoms with van der Waals surface area (Å²) in [6.45, 7) is 1.37. The molecular formula is C16H17N5O2. The van der Waals surface area contributed by atoms with Gasteiger partial charge in [0.1, 0.15) is 12.4 Å². The van der Waals surface area contributed by atoms with Gasteiger partial charge in [0.25, 0.3) is 5.91 Å². The maximum Gasteiger partial charge on any atom is 0.255 e. The highest BCUT2D eigenvalue weighted by Crippen LogP contribution is 2.40. The lowest BCUT2D eigenvalue weighted by Gasteiger charge is -2.34. The van der Waals surface area contributed by atoms with Gasteiger partial charge < -0.3 is 9.64 Å². The van der Waals surface area contributed by atoms with Crippen molar-refractivity contribution < 1.29 is 9.53 Å². The molecule has 2 fully saturated rings. The van der Waals surface area contributed by atoms with Gasteiger partial charge in [-0.1, -0.05) is 0 Å². The molecular weight excluding hydrogens is 294 g/mol. The second kappa shape index (κ2) is 6.00. The van der Waals surface area contributed by atoms with Crippen molar-refractivity contribution in [2.45, 2.75) is 25.0 Å². The third kappa shape index (κ3) is 2.79. The minimum atomic E-state index is -0.00700. The Hall–Kier alpha value is -2.41. The quantitative estimate of drug-likeness (QED) is 0.830. The highest BCUT2D eigenvalue weighted by Gasteiger charge is 2.41. The molecule has 2 saturated heterocycles. The topological polar surface area (TPSA) is 81.1 Å². The van der Waals surface area contributed by atoms with Gasteiger partial charge in [-0.2, -0.15) is 10.2 Å². The zero-order valence-corrected chi connectivity index (χ0v) is 12.6. The Labute approximate surface area is 133 Å². The molecule has 4 rings (SSSR count). The van der Waals surface area contributed by atoms with Crippen LogP contribution in [0.1, 0.15) is 35.0 Å². The first-order valence-electron chi connectivity index (χ1n) is 7.78. The van der Waals surface area contributed by atoms with Crippen LogP contribution >= 0.6 is 0 Å². The number of carbonyl (C=O) groups excluding carboxylic acids is 1. The van der Waals surface area contributed by atoms with E-state index in [0.29, 0.717) is 18.0 Å². The van der Waals surface area contributed by atoms with E-state index in [4.69, 9.17) is 4.74 Å². The first kappa shape index (κ1) is 14.2. The van der Waals surface area contributed by atoms with Crippen LogP contribution in [0.25, 0.3) is 0 Å². The first-order valence-corrected chi connectivity index (χ1v) is 7.78. The maximum absolute atomic E-state index is 12.5. The molecule has 2 aliphatic rings. The average Bonchev–Trinajstić information content (AvgIpc) is 3.06. The van der Waals surface area contributed by atoms with Gasteiger partial charge in [-0.3, -0.25) is 4.79 Å². The molecule has 0 aromatic carbocycles. The van der Waals surface area contributed by atoms with Crippen molar-refractivity contribution in [2.75, 3.05) is 13.1 Å². The fourth-order valence-electron chi connectivity index (χ4n) is 3.40. The van der Waals surface area contributed by atoms with Crippen LogP contribution in [0.3, 0.4) is 0 Å². The normalized spacial score (nSPS) is 26.8. The molecule has 2 aromatic rings. The van der Waals surface area contributed by atoms with Crippen molar-refractivity contribution in [3.63, 3.8) is 0 Å². The molecule has 118 valence electrons. The third-order valence-corrected chi connectivity index (χ3v) is 4.60. The van der Waals surface area contributed by atoms with Crippen LogP contribution < -0.4 is 0 Å². The second-order valence-corrected chi connectivity index (χ2v) is 5.96. The van der Waals surface area contributed by atoms with E-state index < -0.39 is 0 Å². The smallest absolute Gasteiger partial charge is 0.255 e. The van der Waals surface area contributed by atoms with Gasteiger partial charge in [0.15, 0.2) is 0 Å². The summed E-state index contributed by atoms with van der Waals surface area (Å²) >= 11 is 0. The fraction of sp³-hybridized carbons (Fsp3) is 0.438. The van der Waals surface area contributed by atoms with Crippen LogP contribution in [0.2, 0.25) is 0 Å². The number of ether oxygens (including phenoxy) is 1. The molecule has 0 aliphatic carbocycles. The van der Waals surface area contributed by atoms with Crippen LogP contribution in [0.5, 0.6) is 0 Å². The molecule has 7 heteroatoms. The van der Waals surface area contributed by atoms with E-state index in [0.717, 1.165) is 25.1 Å². The summed E-state index contributed by atoms with van der Waals surface area (Å²) in [4.78, 5) is 22.6. The summed E-state index contributed by atoms with van der Waals surface area (Å²) < 4.78 is 6.16. The minimum absolute atomic E-state index is 0.00523. The van der Waals surface area contributed by atoms with Crippen molar-refractivity contribution in [1.29, 1.82) is 0 Å². The van der Waals surface area contributed by atoms with Gasteiger partial charge in [0.2, 0.25) is 0 Å². The SMILES string of the molecule is O=C(c1ccnnc1)N1CC[C@H]2C[C@@H](c3ccncn3)O[C@@H]2C1. The number of fused-ring (bicyclic) bond motifs is 1. The second-order valence-electron chi connectivity index (χ2n) is 5.96. The molecule has 3 atom stereocenters. The highest BCUT2D eigenvalue weighted by atomic mass is 16.5. The molecule has 0 N–H and O–H groups in total. The van der Waals surface area contributed by atoms with E-state index in [1.54, 1.807) is 18.6 Å². The summed E-state index contributed by atoms with van der Waals surface area (Å²) in [5, 5.41) is 7.49. The summed E-state index contributed by atoms with van der Waals surface area (Å²) in [6, 6.07) is 3.59. The van der Waals surface area contributed by atoms with E-state index in [9.17, 15) is 4.79 Å². The van der Waals surface area contributed by atoms with E-state index in [2.05, 4.69) is 20.2 Å². The summed E-state index contributed by atoms with van der Waals surface area (Å²) in [6.07, 6.45) is 8.32. The van der Waals surface area contributed by atoms with Crippen molar-refractivity contribution >= 4 is 5.91 Å². The highest BCUT2D eigenvalue weighted by molar-refractivity contribution is 5.93. The number of nitrogens with zero attached hydrogens (tertiary/aromatic N) is 5. The predicted molar refractivity (Wildman–Crippen MR) is 80.3 cm³/mol. The molecule has 0 saturated carbocycles. The zero-order chi connectivity index (χ0) is 15.6. The number of piperidine rings is 1. The molecule has 23 heavy (non-hydrogen) atoms. The minimum Gasteiger partial charge on any atom is -0.367 e. The maximum atomic E-state index is 12.5. The van der Waals surface area contributed by atoms with Crippen LogP contribution in [0.4, 0.5) is 0 Å². The van der Waals surface area contributed by atoms with Crippen molar-refractivity contribution in [3.8, 4) is 0 Å². The lowest BCUT2D eigenvalue weighted by molar-refractivity contribution is -0.00566. The van der Waals surface area contributed by atoms with Gasteiger partial charge >= 0.3 is 0 Å². The monoisotopic (exact) mass is 311 g/mol. The van der Waals surface area contributed by atoms with E-state index in [1.165, 1.54) is 12.4 Å². The fourth-order valence-corrected chi connectivity index (χ4v) is 3.40. The summed E-state index contributed by atoms with van der Waals surface area (Å²) in [5.74, 6) is 0.474. The molecule has 7 nitrogen and oxygen atoms in total. The van der Waals surface area contributed by atoms with Crippen LogP contribution in [-0.2, 0) is 4.74 Å². The summed E-state index contributed by atoms with van der Waals surface area (Å²) in [7, 11) is 0. The predicted octanol–water partition coefficient (Wildman–Crippen LogP) is 1.26. The Morgan fingerprint density at radius 3 is 3.00 bits per heavy atom. The Morgan fingerprint density at radius 1 is 1.26 bits per heavy atom. The molecule has 1 amide bonds. The number of hydrogen-bond acceptors (Lipinski definition) is 6. The van der Waals surface area contributed by atoms with Crippen LogP contribution in [0.15, 0.2) is 37.1 Å². The van der Waals surface area contributed by atoms with E-state index >= 15 is 0 Å². The standard InChI is InChI=1S/C16H17N5O2/c22-16(12-1-5-19-20-8-12)21-6-3-11-7-14(23-15(11)9-21)13-2-4-17-10-18-13/h1-2,4-5,8,10-11,14-15H,3,6-7,9H2/t11-,14-,15+/m0/s1. The Bertz CT molecular complexity index is 681. The molecule has 2 aliphatic heterocycles. The molecule has 0 radical (unpaired) electrons. The van der Waals surface area contributed by atoms with Gasteiger partial charge in [-0.05, 0) is 30.9 Å². The number of carbonyl (C=O) groups is 1. The third-order valence-electron chi connectivity index (χ3n) is 4.60. The molecule has 4 heterocycles. The Balaban J connectivity index is 1.45. The molecule has 0 spiro atoms. The van der Waals surface area contributed by atoms with Gasteiger partial charge in [-0.25, -0.2) is 9.97 Å². The van der Waals surface area contributed by atoms with Gasteiger partial charge in [0.05, 0.1) is 29.8 Å². The van der Waals surface area contributed by atoms with Crippen LogP contribution in [-0.4, -0.2) is 50.2 Å². The molecule has 0 bridgehead atoms. The number of hydrogen-bond donors (Lipinski definition) is 0.